The summed E-state index contributed by atoms with van der Waals surface area (Å²) in [6.07, 6.45) is -4.41. The Labute approximate surface area is 121 Å². The van der Waals surface area contributed by atoms with Gasteiger partial charge in [-0.1, -0.05) is 37.3 Å². The number of hydrogen-bond donors (Lipinski definition) is 0. The van der Waals surface area contributed by atoms with Crippen LogP contribution in [0, 0.1) is 0 Å². The average Bonchev–Trinajstić information content (AvgIpc) is 2.46. The highest BCUT2D eigenvalue weighted by atomic mass is 32.2. The van der Waals surface area contributed by atoms with Crippen molar-refractivity contribution in [3.63, 3.8) is 0 Å². The van der Waals surface area contributed by atoms with Gasteiger partial charge in [0, 0.05) is 5.56 Å². The van der Waals surface area contributed by atoms with Crippen LogP contribution in [0.4, 0.5) is 13.2 Å². The molecule has 0 N–H and O–H groups in total. The number of benzene rings is 2. The van der Waals surface area contributed by atoms with Crippen LogP contribution in [0.3, 0.4) is 0 Å². The van der Waals surface area contributed by atoms with Gasteiger partial charge in [0.15, 0.2) is 9.84 Å². The smallest absolute Gasteiger partial charge is 0.224 e. The predicted octanol–water partition coefficient (Wildman–Crippen LogP) is 4.17. The van der Waals surface area contributed by atoms with Crippen LogP contribution in [-0.4, -0.2) is 14.2 Å². The van der Waals surface area contributed by atoms with Crippen molar-refractivity contribution < 1.29 is 21.6 Å². The highest BCUT2D eigenvalue weighted by Gasteiger charge is 2.30. The molecular weight excluding hydrogens is 301 g/mol. The minimum Gasteiger partial charge on any atom is -0.224 e. The van der Waals surface area contributed by atoms with Crippen LogP contribution in [0.5, 0.6) is 0 Å². The third-order valence-electron chi connectivity index (χ3n) is 3.13. The van der Waals surface area contributed by atoms with Gasteiger partial charge >= 0.3 is 6.18 Å². The van der Waals surface area contributed by atoms with Gasteiger partial charge in [0.05, 0.1) is 16.2 Å². The van der Waals surface area contributed by atoms with Gasteiger partial charge in [-0.25, -0.2) is 8.42 Å². The van der Waals surface area contributed by atoms with Crippen LogP contribution in [0.25, 0.3) is 11.1 Å². The first-order valence-corrected chi connectivity index (χ1v) is 7.90. The molecule has 0 spiro atoms. The normalized spacial score (nSPS) is 12.4. The zero-order valence-electron chi connectivity index (χ0n) is 11.2. The molecule has 0 unspecified atom stereocenters. The van der Waals surface area contributed by atoms with E-state index in [0.29, 0.717) is 11.1 Å². The first kappa shape index (κ1) is 15.6. The molecule has 0 aromatic heterocycles. The molecule has 0 atom stereocenters. The van der Waals surface area contributed by atoms with Crippen molar-refractivity contribution in [2.75, 3.05) is 5.75 Å². The van der Waals surface area contributed by atoms with E-state index >= 15 is 0 Å². The molecule has 0 aliphatic heterocycles. The zero-order chi connectivity index (χ0) is 15.7. The molecule has 112 valence electrons. The monoisotopic (exact) mass is 314 g/mol. The van der Waals surface area contributed by atoms with Gasteiger partial charge in [-0.05, 0) is 23.8 Å². The van der Waals surface area contributed by atoms with E-state index in [2.05, 4.69) is 0 Å². The molecule has 0 fully saturated rings. The van der Waals surface area contributed by atoms with Crippen molar-refractivity contribution >= 4 is 9.84 Å². The Kier molecular flexibility index (Phi) is 4.09. The lowest BCUT2D eigenvalue weighted by atomic mass is 10.0. The van der Waals surface area contributed by atoms with Crippen LogP contribution in [-0.2, 0) is 16.0 Å². The Bertz CT molecular complexity index is 732. The Morgan fingerprint density at radius 1 is 0.952 bits per heavy atom. The van der Waals surface area contributed by atoms with Crippen LogP contribution < -0.4 is 0 Å². The Morgan fingerprint density at radius 2 is 1.52 bits per heavy atom. The number of alkyl halides is 3. The fourth-order valence-corrected chi connectivity index (χ4v) is 3.09. The standard InChI is InChI=1S/C15H13F3O2S/c1-2-21(19,20)14-6-4-3-5-13(14)11-7-9-12(10-8-11)15(16,17)18/h3-10H,2H2,1H3. The molecule has 0 aliphatic rings. The molecule has 0 bridgehead atoms. The average molecular weight is 314 g/mol. The maximum absolute atomic E-state index is 12.5. The summed E-state index contributed by atoms with van der Waals surface area (Å²) in [5.74, 6) is -0.0648. The third-order valence-corrected chi connectivity index (χ3v) is 4.91. The maximum Gasteiger partial charge on any atom is 0.416 e. The summed E-state index contributed by atoms with van der Waals surface area (Å²) in [4.78, 5) is 0.132. The minimum absolute atomic E-state index is 0.0648. The van der Waals surface area contributed by atoms with Crippen LogP contribution in [0.2, 0.25) is 0 Å². The van der Waals surface area contributed by atoms with E-state index in [-0.39, 0.29) is 10.6 Å². The van der Waals surface area contributed by atoms with E-state index in [0.717, 1.165) is 12.1 Å². The van der Waals surface area contributed by atoms with Crippen molar-refractivity contribution in [1.82, 2.24) is 0 Å². The van der Waals surface area contributed by atoms with Gasteiger partial charge in [-0.3, -0.25) is 0 Å². The second-order valence-electron chi connectivity index (χ2n) is 4.47. The van der Waals surface area contributed by atoms with E-state index in [1.807, 2.05) is 0 Å². The van der Waals surface area contributed by atoms with Gasteiger partial charge in [-0.15, -0.1) is 0 Å². The minimum atomic E-state index is -4.41. The molecule has 0 saturated carbocycles. The predicted molar refractivity (Wildman–Crippen MR) is 74.6 cm³/mol. The lowest BCUT2D eigenvalue weighted by Crippen LogP contribution is -2.06. The quantitative estimate of drug-likeness (QED) is 0.852. The molecule has 0 amide bonds. The summed E-state index contributed by atoms with van der Waals surface area (Å²) in [5, 5.41) is 0. The van der Waals surface area contributed by atoms with Crippen molar-refractivity contribution in [2.24, 2.45) is 0 Å². The van der Waals surface area contributed by atoms with Gasteiger partial charge in [0.2, 0.25) is 0 Å². The maximum atomic E-state index is 12.5. The van der Waals surface area contributed by atoms with Gasteiger partial charge in [-0.2, -0.15) is 13.2 Å². The third kappa shape index (κ3) is 3.26. The number of halogens is 3. The molecule has 2 rings (SSSR count). The summed E-state index contributed by atoms with van der Waals surface area (Å²) in [6.45, 7) is 1.53. The molecule has 21 heavy (non-hydrogen) atoms. The Balaban J connectivity index is 2.54. The molecule has 2 aromatic rings. The van der Waals surface area contributed by atoms with E-state index in [9.17, 15) is 21.6 Å². The topological polar surface area (TPSA) is 34.1 Å². The van der Waals surface area contributed by atoms with Gasteiger partial charge in [0.1, 0.15) is 0 Å². The molecule has 2 aromatic carbocycles. The first-order valence-electron chi connectivity index (χ1n) is 6.25. The van der Waals surface area contributed by atoms with Gasteiger partial charge in [0.25, 0.3) is 0 Å². The first-order chi connectivity index (χ1) is 9.75. The number of hydrogen-bond acceptors (Lipinski definition) is 2. The summed E-state index contributed by atoms with van der Waals surface area (Å²) < 4.78 is 61.7. The Hall–Kier alpha value is -1.82. The second kappa shape index (κ2) is 5.52. The molecule has 0 radical (unpaired) electrons. The molecule has 2 nitrogen and oxygen atoms in total. The van der Waals surface area contributed by atoms with Crippen molar-refractivity contribution in [3.05, 3.63) is 54.1 Å². The number of rotatable bonds is 3. The molecule has 0 aliphatic carbocycles. The largest absolute Gasteiger partial charge is 0.416 e. The van der Waals surface area contributed by atoms with E-state index in [1.165, 1.54) is 25.1 Å². The lowest BCUT2D eigenvalue weighted by molar-refractivity contribution is -0.137. The van der Waals surface area contributed by atoms with E-state index < -0.39 is 21.6 Å². The second-order valence-corrected chi connectivity index (χ2v) is 6.72. The number of sulfone groups is 1. The fraction of sp³-hybridized carbons (Fsp3) is 0.200. The highest BCUT2D eigenvalue weighted by molar-refractivity contribution is 7.91. The zero-order valence-corrected chi connectivity index (χ0v) is 12.0. The van der Waals surface area contributed by atoms with Crippen molar-refractivity contribution in [3.8, 4) is 11.1 Å². The summed E-state index contributed by atoms with van der Waals surface area (Å²) in [6, 6.07) is 10.8. The summed E-state index contributed by atoms with van der Waals surface area (Å²) in [7, 11) is -3.44. The molecular formula is C15H13F3O2S. The highest BCUT2D eigenvalue weighted by Crippen LogP contribution is 2.33. The molecule has 0 saturated heterocycles. The van der Waals surface area contributed by atoms with Crippen molar-refractivity contribution in [2.45, 2.75) is 18.0 Å². The summed E-state index contributed by atoms with van der Waals surface area (Å²) >= 11 is 0. The van der Waals surface area contributed by atoms with E-state index in [4.69, 9.17) is 0 Å². The van der Waals surface area contributed by atoms with Crippen molar-refractivity contribution in [1.29, 1.82) is 0 Å². The van der Waals surface area contributed by atoms with Crippen LogP contribution >= 0.6 is 0 Å². The van der Waals surface area contributed by atoms with Gasteiger partial charge < -0.3 is 0 Å². The van der Waals surface area contributed by atoms with E-state index in [1.54, 1.807) is 18.2 Å². The van der Waals surface area contributed by atoms with Crippen LogP contribution in [0.15, 0.2) is 53.4 Å². The lowest BCUT2D eigenvalue weighted by Gasteiger charge is -2.11. The SMILES string of the molecule is CCS(=O)(=O)c1ccccc1-c1ccc(C(F)(F)F)cc1. The molecule has 6 heteroatoms. The summed E-state index contributed by atoms with van der Waals surface area (Å²) in [5.41, 5.74) is 0.0887. The molecule has 0 heterocycles. The Morgan fingerprint density at radius 3 is 2.05 bits per heavy atom. The fourth-order valence-electron chi connectivity index (χ4n) is 1.97. The van der Waals surface area contributed by atoms with Crippen LogP contribution in [0.1, 0.15) is 12.5 Å².